The largest absolute Gasteiger partial charge is 0.309 e. The molecule has 0 N–H and O–H groups in total. The maximum Gasteiger partial charge on any atom is 0.166 e. The number of aromatic nitrogens is 2. The second-order valence-electron chi connectivity index (χ2n) is 15.3. The highest BCUT2D eigenvalue weighted by Crippen LogP contribution is 2.52. The van der Waals surface area contributed by atoms with Crippen molar-refractivity contribution in [1.29, 1.82) is 0 Å². The Labute approximate surface area is 277 Å². The molecule has 3 heterocycles. The summed E-state index contributed by atoms with van der Waals surface area (Å²) >= 11 is 0. The third-order valence-corrected chi connectivity index (χ3v) is 13.2. The molecular formula is C44H34N2O2. The Balaban J connectivity index is 1.33. The van der Waals surface area contributed by atoms with E-state index in [0.29, 0.717) is 23.4 Å². The van der Waals surface area contributed by atoms with Crippen molar-refractivity contribution >= 4 is 71.5 Å². The third-order valence-electron chi connectivity index (χ3n) is 13.2. The van der Waals surface area contributed by atoms with E-state index in [9.17, 15) is 9.59 Å². The summed E-state index contributed by atoms with van der Waals surface area (Å²) in [6.07, 6.45) is 8.41. The van der Waals surface area contributed by atoms with Gasteiger partial charge in [0, 0.05) is 61.0 Å². The van der Waals surface area contributed by atoms with Crippen LogP contribution in [0.2, 0.25) is 0 Å². The van der Waals surface area contributed by atoms with E-state index in [-0.39, 0.29) is 11.8 Å². The molecule has 6 aliphatic carbocycles. The van der Waals surface area contributed by atoms with Gasteiger partial charge in [-0.15, -0.1) is 0 Å². The van der Waals surface area contributed by atoms with E-state index in [0.717, 1.165) is 79.2 Å². The van der Waals surface area contributed by atoms with Crippen molar-refractivity contribution in [2.75, 3.05) is 0 Å². The number of Topliss-reactive ketones (excluding diaryl/α,β-unsaturated/α-hetero) is 2. The summed E-state index contributed by atoms with van der Waals surface area (Å²) in [5, 5.41) is 7.48. The lowest BCUT2D eigenvalue weighted by Gasteiger charge is -2.22. The van der Waals surface area contributed by atoms with Crippen LogP contribution < -0.4 is 0 Å². The molecule has 2 saturated carbocycles. The molecule has 0 radical (unpaired) electrons. The minimum absolute atomic E-state index is 0.144. The number of para-hydroxylation sites is 2. The predicted molar refractivity (Wildman–Crippen MR) is 193 cm³/mol. The highest BCUT2D eigenvalue weighted by atomic mass is 16.1. The molecule has 0 aliphatic heterocycles. The van der Waals surface area contributed by atoms with Crippen LogP contribution >= 0.6 is 0 Å². The Morgan fingerprint density at radius 1 is 0.458 bits per heavy atom. The van der Waals surface area contributed by atoms with Crippen molar-refractivity contribution in [3.63, 3.8) is 0 Å². The summed E-state index contributed by atoms with van der Waals surface area (Å²) in [5.74, 6) is 1.85. The molecule has 0 unspecified atom stereocenters. The minimum Gasteiger partial charge on any atom is -0.309 e. The van der Waals surface area contributed by atoms with Gasteiger partial charge >= 0.3 is 0 Å². The molecule has 14 rings (SSSR count). The van der Waals surface area contributed by atoms with E-state index in [2.05, 4.69) is 93.9 Å². The van der Waals surface area contributed by atoms with Gasteiger partial charge < -0.3 is 8.97 Å². The summed E-state index contributed by atoms with van der Waals surface area (Å²) in [6.45, 7) is 0. The fourth-order valence-electron chi connectivity index (χ4n) is 10.9. The Morgan fingerprint density at radius 3 is 1.69 bits per heavy atom. The lowest BCUT2D eigenvalue weighted by atomic mass is 9.82. The molecule has 0 spiro atoms. The first-order chi connectivity index (χ1) is 23.6. The number of hydrogen-bond acceptors (Lipinski definition) is 2. The summed E-state index contributed by atoms with van der Waals surface area (Å²) in [4.78, 5) is 28.1. The van der Waals surface area contributed by atoms with Crippen molar-refractivity contribution in [2.45, 2.75) is 63.2 Å². The monoisotopic (exact) mass is 622 g/mol. The van der Waals surface area contributed by atoms with E-state index in [1.54, 1.807) is 0 Å². The lowest BCUT2D eigenvalue weighted by molar-refractivity contribution is 0.0891. The highest BCUT2D eigenvalue weighted by molar-refractivity contribution is 6.36. The van der Waals surface area contributed by atoms with E-state index in [1.807, 2.05) is 0 Å². The molecule has 4 heteroatoms. The van der Waals surface area contributed by atoms with E-state index < -0.39 is 0 Å². The number of hydrogen-bond donors (Lipinski definition) is 0. The number of ketones is 2. The predicted octanol–water partition coefficient (Wildman–Crippen LogP) is 10.9. The molecule has 3 aromatic heterocycles. The number of fused-ring (bicyclic) bond motifs is 14. The van der Waals surface area contributed by atoms with Gasteiger partial charge in [-0.2, -0.15) is 0 Å². The number of carbonyl (C=O) groups excluding carboxylic acids is 2. The summed E-state index contributed by atoms with van der Waals surface area (Å²) in [5.41, 5.74) is 11.4. The zero-order valence-electron chi connectivity index (χ0n) is 26.8. The Kier molecular flexibility index (Phi) is 4.85. The molecule has 0 saturated heterocycles. The quantitative estimate of drug-likeness (QED) is 0.183. The van der Waals surface area contributed by atoms with Gasteiger partial charge in [0.1, 0.15) is 0 Å². The molecular weight excluding hydrogens is 588 g/mol. The van der Waals surface area contributed by atoms with Gasteiger partial charge in [0.25, 0.3) is 0 Å². The Hall–Kier alpha value is -4.96. The van der Waals surface area contributed by atoms with E-state index in [1.165, 1.54) is 60.0 Å². The molecule has 2 fully saturated rings. The lowest BCUT2D eigenvalue weighted by Crippen LogP contribution is -2.15. The zero-order valence-corrected chi connectivity index (χ0v) is 26.8. The first kappa shape index (κ1) is 26.0. The van der Waals surface area contributed by atoms with Crippen molar-refractivity contribution in [1.82, 2.24) is 8.97 Å². The molecule has 48 heavy (non-hydrogen) atoms. The van der Waals surface area contributed by atoms with Crippen LogP contribution in [0, 0.1) is 11.8 Å². The van der Waals surface area contributed by atoms with Crippen LogP contribution in [0.5, 0.6) is 0 Å². The van der Waals surface area contributed by atoms with Crippen LogP contribution in [0.1, 0.15) is 95.0 Å². The van der Waals surface area contributed by atoms with Crippen molar-refractivity contribution in [2.24, 2.45) is 11.8 Å². The van der Waals surface area contributed by atoms with Gasteiger partial charge in [-0.05, 0) is 123 Å². The fourth-order valence-corrected chi connectivity index (χ4v) is 10.9. The molecule has 5 aromatic carbocycles. The van der Waals surface area contributed by atoms with E-state index in [4.69, 9.17) is 0 Å². The second kappa shape index (κ2) is 8.93. The van der Waals surface area contributed by atoms with Crippen LogP contribution in [-0.2, 0) is 0 Å². The minimum atomic E-state index is 0.144. The third kappa shape index (κ3) is 3.08. The van der Waals surface area contributed by atoms with Gasteiger partial charge in [-0.25, -0.2) is 0 Å². The van der Waals surface area contributed by atoms with Crippen LogP contribution in [0.25, 0.3) is 65.6 Å². The zero-order chi connectivity index (χ0) is 31.4. The number of nitrogens with zero attached hydrogens (tertiary/aromatic N) is 2. The van der Waals surface area contributed by atoms with Crippen molar-refractivity contribution in [3.05, 3.63) is 107 Å². The SMILES string of the molecule is O=C1c2cc3c(cc2C2CCC1CC2)c1cc2c(c4ccccc4n2-c2ccccc2)c2c4cc5c(cc4n3c12)C(=O)C1CCC5CC1. The number of benzene rings is 5. The first-order valence-corrected chi connectivity index (χ1v) is 18.0. The maximum absolute atomic E-state index is 14.1. The van der Waals surface area contributed by atoms with Crippen LogP contribution in [-0.4, -0.2) is 20.5 Å². The summed E-state index contributed by atoms with van der Waals surface area (Å²) < 4.78 is 4.87. The molecule has 4 bridgehead atoms. The first-order valence-electron chi connectivity index (χ1n) is 18.0. The Bertz CT molecular complexity index is 2730. The van der Waals surface area contributed by atoms with Gasteiger partial charge in [-0.3, -0.25) is 9.59 Å². The molecule has 6 aliphatic rings. The standard InChI is InChI=1S/C44H34N2O2/c47-43-25-14-10-23(11-15-25)29-18-31-32-20-39-40(28-8-4-5-9-36(28)45(39)27-6-2-1-3-7-27)41-35-19-30-24-12-16-26(17-13-24)44(48)34(30)22-38(35)46(42(32)41)37(31)21-33(29)43/h1-9,18-26H,10-17H2. The van der Waals surface area contributed by atoms with Gasteiger partial charge in [0.05, 0.1) is 27.6 Å². The normalized spacial score (nSPS) is 23.7. The smallest absolute Gasteiger partial charge is 0.166 e. The molecule has 8 aromatic rings. The second-order valence-corrected chi connectivity index (χ2v) is 15.3. The average molecular weight is 623 g/mol. The van der Waals surface area contributed by atoms with Gasteiger partial charge in [0.15, 0.2) is 11.6 Å². The summed E-state index contributed by atoms with van der Waals surface area (Å²) in [6, 6.07) is 31.3. The van der Waals surface area contributed by atoms with Gasteiger partial charge in [-0.1, -0.05) is 36.4 Å². The highest BCUT2D eigenvalue weighted by Gasteiger charge is 2.38. The fraction of sp³-hybridized carbons (Fsp3) is 0.273. The van der Waals surface area contributed by atoms with Crippen LogP contribution in [0.4, 0.5) is 0 Å². The van der Waals surface area contributed by atoms with Crippen molar-refractivity contribution < 1.29 is 9.59 Å². The molecule has 0 amide bonds. The Morgan fingerprint density at radius 2 is 1.02 bits per heavy atom. The van der Waals surface area contributed by atoms with Crippen LogP contribution in [0.15, 0.2) is 84.9 Å². The average Bonchev–Trinajstić information content (AvgIpc) is 3.64. The van der Waals surface area contributed by atoms with Crippen LogP contribution in [0.3, 0.4) is 0 Å². The van der Waals surface area contributed by atoms with E-state index >= 15 is 0 Å². The number of rotatable bonds is 1. The molecule has 0 atom stereocenters. The topological polar surface area (TPSA) is 43.5 Å². The summed E-state index contributed by atoms with van der Waals surface area (Å²) in [7, 11) is 0. The molecule has 232 valence electrons. The van der Waals surface area contributed by atoms with Crippen molar-refractivity contribution in [3.8, 4) is 5.69 Å². The van der Waals surface area contributed by atoms with Gasteiger partial charge in [0.2, 0.25) is 0 Å². The maximum atomic E-state index is 14.1. The number of carbonyl (C=O) groups is 2. The molecule has 4 nitrogen and oxygen atoms in total.